The molecule has 1 saturated heterocycles. The molecule has 5 heteroatoms. The predicted octanol–water partition coefficient (Wildman–Crippen LogP) is 2.75. The third-order valence-corrected chi connectivity index (χ3v) is 4.96. The van der Waals surface area contributed by atoms with E-state index in [1.54, 1.807) is 11.9 Å². The Labute approximate surface area is 153 Å². The molecule has 0 aromatic heterocycles. The van der Waals surface area contributed by atoms with Crippen molar-refractivity contribution < 1.29 is 14.3 Å². The minimum absolute atomic E-state index is 0.0119. The Morgan fingerprint density at radius 2 is 1.88 bits per heavy atom. The number of nitrogens with two attached hydrogens (primary N) is 1. The maximum atomic E-state index is 12.8. The molecular weight excluding hydrogens is 328 g/mol. The molecule has 0 saturated carbocycles. The normalized spacial score (nSPS) is 20.0. The van der Waals surface area contributed by atoms with Crippen LogP contribution < -0.4 is 10.6 Å². The molecule has 0 atom stereocenters. The van der Waals surface area contributed by atoms with Crippen LogP contribution >= 0.6 is 0 Å². The fraction of sp³-hybridized carbons (Fsp3) is 0.286. The van der Waals surface area contributed by atoms with Gasteiger partial charge in [-0.3, -0.25) is 4.79 Å². The fourth-order valence-electron chi connectivity index (χ4n) is 3.64. The second kappa shape index (κ2) is 6.68. The minimum Gasteiger partial charge on any atom is -0.343 e. The smallest absolute Gasteiger partial charge is 0.258 e. The second-order valence-corrected chi connectivity index (χ2v) is 6.55. The Balaban J connectivity index is 1.81. The summed E-state index contributed by atoms with van der Waals surface area (Å²) in [7, 11) is 1.80. The summed E-state index contributed by atoms with van der Waals surface area (Å²) in [6, 6.07) is 15.8. The number of anilines is 1. The van der Waals surface area contributed by atoms with Crippen molar-refractivity contribution in [1.29, 1.82) is 0 Å². The summed E-state index contributed by atoms with van der Waals surface area (Å²) >= 11 is 0. The molecule has 2 N–H and O–H groups in total. The maximum absolute atomic E-state index is 12.8. The Morgan fingerprint density at radius 1 is 1.15 bits per heavy atom. The number of hydrogen-bond acceptors (Lipinski definition) is 4. The first-order valence-electron chi connectivity index (χ1n) is 8.82. The van der Waals surface area contributed by atoms with Crippen molar-refractivity contribution in [3.05, 3.63) is 65.2 Å². The van der Waals surface area contributed by atoms with E-state index in [0.717, 1.165) is 22.4 Å². The quantitative estimate of drug-likeness (QED) is 0.861. The summed E-state index contributed by atoms with van der Waals surface area (Å²) in [6.45, 7) is 1.55. The minimum atomic E-state index is -0.814. The van der Waals surface area contributed by atoms with Crippen molar-refractivity contribution in [3.63, 3.8) is 0 Å². The molecule has 2 aliphatic rings. The molecule has 1 fully saturated rings. The highest BCUT2D eigenvalue weighted by Crippen LogP contribution is 2.42. The van der Waals surface area contributed by atoms with E-state index in [1.165, 1.54) is 0 Å². The molecule has 4 rings (SSSR count). The van der Waals surface area contributed by atoms with Crippen LogP contribution in [0.15, 0.2) is 48.5 Å². The van der Waals surface area contributed by atoms with Crippen LogP contribution in [0.3, 0.4) is 0 Å². The molecule has 2 aliphatic heterocycles. The standard InChI is InChI=1S/C21H22N2O3/c1-23-19-8-7-16(21(9-10-22)25-11-12-26-21)14-17(19)18(20(23)24)13-15-5-3-2-4-6-15/h2-8,13-14H,9-12,22H2,1H3/b18-13-. The third kappa shape index (κ3) is 2.74. The number of likely N-dealkylation sites (N-methyl/N-ethyl adjacent to an activating group) is 1. The Bertz CT molecular complexity index is 855. The van der Waals surface area contributed by atoms with Gasteiger partial charge in [-0.15, -0.1) is 0 Å². The van der Waals surface area contributed by atoms with E-state index in [4.69, 9.17) is 15.2 Å². The van der Waals surface area contributed by atoms with Gasteiger partial charge < -0.3 is 20.1 Å². The van der Waals surface area contributed by atoms with E-state index >= 15 is 0 Å². The third-order valence-electron chi connectivity index (χ3n) is 4.96. The summed E-state index contributed by atoms with van der Waals surface area (Å²) in [5.74, 6) is -0.826. The summed E-state index contributed by atoms with van der Waals surface area (Å²) in [4.78, 5) is 14.5. The van der Waals surface area contributed by atoms with Crippen LogP contribution in [0.5, 0.6) is 0 Å². The number of fused-ring (bicyclic) bond motifs is 1. The van der Waals surface area contributed by atoms with Crippen molar-refractivity contribution in [1.82, 2.24) is 0 Å². The Hall–Kier alpha value is -2.47. The Kier molecular flexibility index (Phi) is 4.36. The highest BCUT2D eigenvalue weighted by Gasteiger charge is 2.40. The van der Waals surface area contributed by atoms with E-state index in [0.29, 0.717) is 31.8 Å². The molecule has 134 valence electrons. The number of benzene rings is 2. The van der Waals surface area contributed by atoms with Gasteiger partial charge in [0, 0.05) is 30.2 Å². The van der Waals surface area contributed by atoms with Crippen molar-refractivity contribution >= 4 is 23.2 Å². The van der Waals surface area contributed by atoms with E-state index in [9.17, 15) is 4.79 Å². The monoisotopic (exact) mass is 350 g/mol. The molecule has 0 radical (unpaired) electrons. The molecule has 0 unspecified atom stereocenters. The number of ether oxygens (including phenoxy) is 2. The first-order valence-corrected chi connectivity index (χ1v) is 8.82. The SMILES string of the molecule is CN1C(=O)/C(=C\c2ccccc2)c2cc(C3(CCN)OCCO3)ccc21. The largest absolute Gasteiger partial charge is 0.343 e. The van der Waals surface area contributed by atoms with E-state index in [-0.39, 0.29) is 5.91 Å². The molecule has 0 aliphatic carbocycles. The number of carbonyl (C=O) groups is 1. The zero-order valence-corrected chi connectivity index (χ0v) is 14.8. The molecule has 2 aromatic rings. The number of amides is 1. The summed E-state index contributed by atoms with van der Waals surface area (Å²) < 4.78 is 11.8. The first kappa shape index (κ1) is 17.0. The van der Waals surface area contributed by atoms with E-state index in [2.05, 4.69) is 0 Å². The van der Waals surface area contributed by atoms with Crippen molar-refractivity contribution in [2.24, 2.45) is 5.73 Å². The van der Waals surface area contributed by atoms with Crippen LogP contribution in [0.1, 0.15) is 23.1 Å². The van der Waals surface area contributed by atoms with Crippen LogP contribution in [0.2, 0.25) is 0 Å². The van der Waals surface area contributed by atoms with Gasteiger partial charge in [0.05, 0.1) is 18.9 Å². The molecule has 0 spiro atoms. The number of hydrogen-bond donors (Lipinski definition) is 1. The van der Waals surface area contributed by atoms with Crippen LogP contribution in [-0.4, -0.2) is 32.7 Å². The lowest BCUT2D eigenvalue weighted by Gasteiger charge is -2.28. The van der Waals surface area contributed by atoms with Gasteiger partial charge in [-0.05, 0) is 30.3 Å². The van der Waals surface area contributed by atoms with Crippen molar-refractivity contribution in [2.75, 3.05) is 31.7 Å². The number of rotatable bonds is 4. The molecule has 0 bridgehead atoms. The van der Waals surface area contributed by atoms with Gasteiger partial charge in [-0.2, -0.15) is 0 Å². The van der Waals surface area contributed by atoms with Crippen LogP contribution in [0, 0.1) is 0 Å². The summed E-state index contributed by atoms with van der Waals surface area (Å²) in [5.41, 5.74) is 10.1. The van der Waals surface area contributed by atoms with E-state index < -0.39 is 5.79 Å². The number of nitrogens with zero attached hydrogens (tertiary/aromatic N) is 1. The molecule has 2 heterocycles. The molecule has 2 aromatic carbocycles. The summed E-state index contributed by atoms with van der Waals surface area (Å²) in [5, 5.41) is 0. The summed E-state index contributed by atoms with van der Waals surface area (Å²) in [6.07, 6.45) is 2.51. The lowest BCUT2D eigenvalue weighted by molar-refractivity contribution is -0.168. The number of carbonyl (C=O) groups excluding carboxylic acids is 1. The van der Waals surface area contributed by atoms with Gasteiger partial charge in [0.25, 0.3) is 5.91 Å². The highest BCUT2D eigenvalue weighted by atomic mass is 16.7. The van der Waals surface area contributed by atoms with Gasteiger partial charge in [0.1, 0.15) is 0 Å². The lowest BCUT2D eigenvalue weighted by atomic mass is 9.96. The second-order valence-electron chi connectivity index (χ2n) is 6.55. The maximum Gasteiger partial charge on any atom is 0.258 e. The van der Waals surface area contributed by atoms with Crippen LogP contribution in [0.25, 0.3) is 11.6 Å². The molecule has 1 amide bonds. The van der Waals surface area contributed by atoms with Crippen LogP contribution in [0.4, 0.5) is 5.69 Å². The molecular formula is C21H22N2O3. The molecule has 26 heavy (non-hydrogen) atoms. The first-order chi connectivity index (χ1) is 12.6. The van der Waals surface area contributed by atoms with Crippen molar-refractivity contribution in [2.45, 2.75) is 12.2 Å². The average molecular weight is 350 g/mol. The van der Waals surface area contributed by atoms with Gasteiger partial charge in [0.15, 0.2) is 5.79 Å². The van der Waals surface area contributed by atoms with E-state index in [1.807, 2.05) is 54.6 Å². The Morgan fingerprint density at radius 3 is 2.58 bits per heavy atom. The van der Waals surface area contributed by atoms with Crippen LogP contribution in [-0.2, 0) is 20.1 Å². The topological polar surface area (TPSA) is 64.8 Å². The highest BCUT2D eigenvalue weighted by molar-refractivity contribution is 6.35. The van der Waals surface area contributed by atoms with Gasteiger partial charge in [-0.25, -0.2) is 0 Å². The van der Waals surface area contributed by atoms with Gasteiger partial charge in [-0.1, -0.05) is 36.4 Å². The van der Waals surface area contributed by atoms with Gasteiger partial charge in [0.2, 0.25) is 0 Å². The molecule has 5 nitrogen and oxygen atoms in total. The zero-order valence-electron chi connectivity index (χ0n) is 14.8. The zero-order chi connectivity index (χ0) is 18.1. The predicted molar refractivity (Wildman–Crippen MR) is 101 cm³/mol. The van der Waals surface area contributed by atoms with Crippen molar-refractivity contribution in [3.8, 4) is 0 Å². The average Bonchev–Trinajstić information content (AvgIpc) is 3.23. The van der Waals surface area contributed by atoms with Gasteiger partial charge >= 0.3 is 0 Å². The fourth-order valence-corrected chi connectivity index (χ4v) is 3.64. The lowest BCUT2D eigenvalue weighted by Crippen LogP contribution is -2.30.